The Morgan fingerprint density at radius 2 is 1.74 bits per heavy atom. The normalized spacial score (nSPS) is 14.0. The summed E-state index contributed by atoms with van der Waals surface area (Å²) < 4.78 is 6.07. The molecule has 34 heavy (non-hydrogen) atoms. The minimum atomic E-state index is -0.417. The van der Waals surface area contributed by atoms with Gasteiger partial charge in [-0.15, -0.1) is 5.56 Å². The molecule has 0 fully saturated rings. The van der Waals surface area contributed by atoms with Crippen LogP contribution in [-0.4, -0.2) is 20.9 Å². The van der Waals surface area contributed by atoms with Gasteiger partial charge >= 0.3 is 0 Å². The molecule has 6 heteroatoms. The number of aryl methyl sites for hydroxylation is 3. The van der Waals surface area contributed by atoms with Crippen LogP contribution < -0.4 is 0 Å². The third-order valence-electron chi connectivity index (χ3n) is 5.72. The molecule has 185 valence electrons. The van der Waals surface area contributed by atoms with Crippen LogP contribution in [0.2, 0.25) is 0 Å². The quantitative estimate of drug-likeness (QED) is 0.186. The van der Waals surface area contributed by atoms with Gasteiger partial charge in [0.25, 0.3) is 0 Å². The molecule has 0 spiro atoms. The Kier molecular flexibility index (Phi) is 9.01. The topological polar surface area (TPSA) is 76.2 Å². The standard InChI is InChI=1S/C17H15N2O.C11H20O2.Ir/c1-11-6-7-14(19-10-11)12-8-9-18-16-13-4-2-3-5-15(13)20-17(12)16;1-10(2,3)8(12)7-9(13)11(4,5)6;/h6-7,9-10H,2-5H2,1H3;7,12H,1-6H3;/q-1;;/b;8-7-;. The van der Waals surface area contributed by atoms with Gasteiger partial charge in [-0.2, -0.15) is 6.07 Å². The van der Waals surface area contributed by atoms with E-state index in [9.17, 15) is 9.90 Å². The fraction of sp³-hybridized carbons (Fsp3) is 0.464. The van der Waals surface area contributed by atoms with Crippen molar-refractivity contribution in [2.45, 2.75) is 74.1 Å². The minimum absolute atomic E-state index is 0. The van der Waals surface area contributed by atoms with Crippen LogP contribution in [0.4, 0.5) is 0 Å². The number of furan rings is 1. The first kappa shape index (κ1) is 27.9. The first-order chi connectivity index (χ1) is 15.4. The van der Waals surface area contributed by atoms with Crippen molar-refractivity contribution >= 4 is 16.9 Å². The first-order valence-electron chi connectivity index (χ1n) is 11.6. The van der Waals surface area contributed by atoms with Gasteiger partial charge in [-0.05, 0) is 43.6 Å². The Balaban J connectivity index is 0.000000258. The van der Waals surface area contributed by atoms with Gasteiger partial charge in [0.15, 0.2) is 5.78 Å². The fourth-order valence-corrected chi connectivity index (χ4v) is 3.45. The summed E-state index contributed by atoms with van der Waals surface area (Å²) in [5.41, 5.74) is 5.33. The fourth-order valence-electron chi connectivity index (χ4n) is 3.45. The predicted octanol–water partition coefficient (Wildman–Crippen LogP) is 6.96. The zero-order valence-electron chi connectivity index (χ0n) is 21.2. The Morgan fingerprint density at radius 1 is 1.06 bits per heavy atom. The molecule has 5 nitrogen and oxygen atoms in total. The number of rotatable bonds is 2. The number of carbonyl (C=O) groups is 1. The van der Waals surface area contributed by atoms with Crippen LogP contribution >= 0.6 is 0 Å². The van der Waals surface area contributed by atoms with Crippen LogP contribution in [0, 0.1) is 23.8 Å². The van der Waals surface area contributed by atoms with Crippen molar-refractivity contribution in [1.82, 2.24) is 9.97 Å². The van der Waals surface area contributed by atoms with Gasteiger partial charge in [-0.25, -0.2) is 0 Å². The molecule has 0 bridgehead atoms. The second kappa shape index (κ2) is 11.0. The molecule has 0 saturated carbocycles. The molecule has 0 aliphatic heterocycles. The van der Waals surface area contributed by atoms with Gasteiger partial charge < -0.3 is 14.5 Å². The maximum atomic E-state index is 11.5. The SMILES string of the molecule is CC(C)(C)C(=O)/C=C(\O)C(C)(C)C.Cc1ccc(-c2[c-]cnc3c4c(oc23)CCCC4)nc1.[Ir]. The van der Waals surface area contributed by atoms with E-state index in [-0.39, 0.29) is 37.1 Å². The molecule has 0 saturated heterocycles. The second-order valence-electron chi connectivity index (χ2n) is 10.8. The van der Waals surface area contributed by atoms with Crippen molar-refractivity contribution in [2.75, 3.05) is 0 Å². The zero-order chi connectivity index (χ0) is 24.4. The molecule has 1 N–H and O–H groups in total. The molecule has 1 aliphatic rings. The number of fused-ring (bicyclic) bond motifs is 3. The average Bonchev–Trinajstić information content (AvgIpc) is 3.12. The Hall–Kier alpha value is -2.30. The number of aliphatic hydroxyl groups is 1. The van der Waals surface area contributed by atoms with Crippen molar-refractivity contribution in [2.24, 2.45) is 10.8 Å². The van der Waals surface area contributed by atoms with Crippen molar-refractivity contribution in [3.05, 3.63) is 59.3 Å². The molecule has 4 rings (SSSR count). The van der Waals surface area contributed by atoms with Crippen molar-refractivity contribution < 1.29 is 34.4 Å². The summed E-state index contributed by atoms with van der Waals surface area (Å²) in [6.45, 7) is 13.2. The molecule has 1 radical (unpaired) electrons. The largest absolute Gasteiger partial charge is 0.517 e. The van der Waals surface area contributed by atoms with Crippen LogP contribution in [-0.2, 0) is 37.7 Å². The summed E-state index contributed by atoms with van der Waals surface area (Å²) >= 11 is 0. The van der Waals surface area contributed by atoms with Gasteiger partial charge in [0.1, 0.15) is 5.76 Å². The van der Waals surface area contributed by atoms with Crippen molar-refractivity contribution in [1.29, 1.82) is 0 Å². The summed E-state index contributed by atoms with van der Waals surface area (Å²) in [5.74, 6) is 1.21. The van der Waals surface area contributed by atoms with E-state index >= 15 is 0 Å². The van der Waals surface area contributed by atoms with Gasteiger partial charge in [-0.1, -0.05) is 53.7 Å². The van der Waals surface area contributed by atoms with Crippen LogP contribution in [0.3, 0.4) is 0 Å². The van der Waals surface area contributed by atoms with Crippen molar-refractivity contribution in [3.8, 4) is 11.3 Å². The Labute approximate surface area is 216 Å². The van der Waals surface area contributed by atoms with E-state index in [2.05, 4.69) is 22.1 Å². The summed E-state index contributed by atoms with van der Waals surface area (Å²) in [6, 6.07) is 7.27. The molecule has 0 amide bonds. The van der Waals surface area contributed by atoms with Crippen LogP contribution in [0.25, 0.3) is 22.4 Å². The van der Waals surface area contributed by atoms with E-state index < -0.39 is 5.41 Å². The molecule has 0 aromatic carbocycles. The third kappa shape index (κ3) is 6.64. The second-order valence-corrected chi connectivity index (χ2v) is 10.8. The number of aliphatic hydroxyl groups excluding tert-OH is 1. The number of hydrogen-bond acceptors (Lipinski definition) is 5. The summed E-state index contributed by atoms with van der Waals surface area (Å²) in [7, 11) is 0. The summed E-state index contributed by atoms with van der Waals surface area (Å²) in [6.07, 6.45) is 9.46. The number of pyridine rings is 2. The number of hydrogen-bond donors (Lipinski definition) is 1. The number of carbonyl (C=O) groups excluding carboxylic acids is 1. The molecule has 1 aliphatic carbocycles. The Morgan fingerprint density at radius 3 is 2.32 bits per heavy atom. The predicted molar refractivity (Wildman–Crippen MR) is 132 cm³/mol. The average molecular weight is 640 g/mol. The number of ketones is 1. The van der Waals surface area contributed by atoms with E-state index in [0.29, 0.717) is 0 Å². The zero-order valence-corrected chi connectivity index (χ0v) is 23.6. The van der Waals surface area contributed by atoms with E-state index in [1.807, 2.05) is 60.7 Å². The molecule has 3 aromatic rings. The number of allylic oxidation sites excluding steroid dienone is 2. The Bertz CT molecular complexity index is 1160. The van der Waals surface area contributed by atoms with Gasteiger partial charge in [0, 0.05) is 60.8 Å². The maximum Gasteiger partial charge on any atom is 0.164 e. The van der Waals surface area contributed by atoms with Gasteiger partial charge in [0.05, 0.1) is 11.3 Å². The van der Waals surface area contributed by atoms with Crippen molar-refractivity contribution in [3.63, 3.8) is 0 Å². The van der Waals surface area contributed by atoms with E-state index in [1.54, 1.807) is 6.20 Å². The van der Waals surface area contributed by atoms with Crippen LogP contribution in [0.15, 0.2) is 40.8 Å². The molecule has 0 atom stereocenters. The number of aromatic nitrogens is 2. The molecular formula is C28H35IrN2O3-. The summed E-state index contributed by atoms with van der Waals surface area (Å²) in [5, 5.41) is 9.56. The molecule has 3 aromatic heterocycles. The maximum absolute atomic E-state index is 11.5. The first-order valence-corrected chi connectivity index (χ1v) is 11.6. The van der Waals surface area contributed by atoms with Gasteiger partial charge in [0.2, 0.25) is 0 Å². The van der Waals surface area contributed by atoms with E-state index in [1.165, 1.54) is 24.5 Å². The van der Waals surface area contributed by atoms with Crippen LogP contribution in [0.1, 0.15) is 71.3 Å². The molecular weight excluding hydrogens is 605 g/mol. The smallest absolute Gasteiger partial charge is 0.164 e. The monoisotopic (exact) mass is 640 g/mol. The molecule has 0 unspecified atom stereocenters. The van der Waals surface area contributed by atoms with E-state index in [0.717, 1.165) is 46.5 Å². The van der Waals surface area contributed by atoms with Gasteiger partial charge in [-0.3, -0.25) is 9.78 Å². The van der Waals surface area contributed by atoms with Crippen LogP contribution in [0.5, 0.6) is 0 Å². The summed E-state index contributed by atoms with van der Waals surface area (Å²) in [4.78, 5) is 20.5. The number of nitrogens with zero attached hydrogens (tertiary/aromatic N) is 2. The van der Waals surface area contributed by atoms with E-state index in [4.69, 9.17) is 4.42 Å². The third-order valence-corrected chi connectivity index (χ3v) is 5.72. The minimum Gasteiger partial charge on any atom is -0.517 e. The molecule has 3 heterocycles.